The number of carboxylic acid groups (broad SMARTS) is 1. The second kappa shape index (κ2) is 13.4. The number of aliphatic carboxylic acids is 1. The molecule has 0 amide bonds. The minimum atomic E-state index is -0.730. The summed E-state index contributed by atoms with van der Waals surface area (Å²) in [7, 11) is 0. The summed E-state index contributed by atoms with van der Waals surface area (Å²) >= 11 is 0. The highest BCUT2D eigenvalue weighted by Gasteiger charge is 2.01. The Balaban J connectivity index is 2.43. The maximum absolute atomic E-state index is 10.6. The van der Waals surface area contributed by atoms with Crippen molar-refractivity contribution in [1.82, 2.24) is 0 Å². The molecule has 0 aliphatic heterocycles. The molecule has 25 heavy (non-hydrogen) atoms. The van der Waals surface area contributed by atoms with E-state index in [1.807, 2.05) is 36.4 Å². The summed E-state index contributed by atoms with van der Waals surface area (Å²) < 4.78 is 0. The smallest absolute Gasteiger partial charge is 0.303 e. The fraction of sp³-hybridized carbons (Fsp3) is 0.500. The van der Waals surface area contributed by atoms with Gasteiger partial charge >= 0.3 is 5.97 Å². The fourth-order valence-corrected chi connectivity index (χ4v) is 2.74. The summed E-state index contributed by atoms with van der Waals surface area (Å²) in [6, 6.07) is 8.18. The highest BCUT2D eigenvalue weighted by molar-refractivity contribution is 5.66. The molecular formula is C22H32O3. The molecule has 3 heteroatoms. The van der Waals surface area contributed by atoms with Gasteiger partial charge in [-0.2, -0.15) is 0 Å². The van der Waals surface area contributed by atoms with E-state index in [1.165, 1.54) is 24.8 Å². The number of unbranched alkanes of at least 4 members (excludes halogenated alkanes) is 4. The van der Waals surface area contributed by atoms with Gasteiger partial charge in [0.1, 0.15) is 0 Å². The molecule has 3 nitrogen and oxygen atoms in total. The molecular weight excluding hydrogens is 312 g/mol. The van der Waals surface area contributed by atoms with Crippen molar-refractivity contribution in [2.75, 3.05) is 0 Å². The van der Waals surface area contributed by atoms with Gasteiger partial charge in [-0.3, -0.25) is 4.79 Å². The zero-order valence-corrected chi connectivity index (χ0v) is 15.4. The van der Waals surface area contributed by atoms with Crippen molar-refractivity contribution in [2.45, 2.75) is 70.8 Å². The predicted molar refractivity (Wildman–Crippen MR) is 105 cm³/mol. The minimum Gasteiger partial charge on any atom is -0.481 e. The molecule has 1 atom stereocenters. The lowest BCUT2D eigenvalue weighted by Gasteiger charge is -2.05. The number of benzene rings is 1. The zero-order chi connectivity index (χ0) is 18.3. The van der Waals surface area contributed by atoms with Crippen LogP contribution in [0.25, 0.3) is 6.08 Å². The normalized spacial score (nSPS) is 12.9. The quantitative estimate of drug-likeness (QED) is 0.373. The van der Waals surface area contributed by atoms with Crippen molar-refractivity contribution in [2.24, 2.45) is 0 Å². The Labute approximate surface area is 152 Å². The van der Waals surface area contributed by atoms with E-state index in [4.69, 9.17) is 5.11 Å². The van der Waals surface area contributed by atoms with Gasteiger partial charge < -0.3 is 10.2 Å². The summed E-state index contributed by atoms with van der Waals surface area (Å²) in [6.07, 6.45) is 15.6. The third-order valence-electron chi connectivity index (χ3n) is 4.22. The van der Waals surface area contributed by atoms with Crippen LogP contribution in [0.1, 0.15) is 69.4 Å². The SMILES string of the molecule is CCCCCCC(O)/C=C/C=C/c1ccccc1CCCCC(=O)O. The van der Waals surface area contributed by atoms with Crippen LogP contribution in [0.5, 0.6) is 0 Å². The van der Waals surface area contributed by atoms with E-state index in [0.717, 1.165) is 31.2 Å². The van der Waals surface area contributed by atoms with E-state index in [-0.39, 0.29) is 12.5 Å². The first kappa shape index (κ1) is 21.2. The van der Waals surface area contributed by atoms with Crippen molar-refractivity contribution in [3.05, 3.63) is 53.6 Å². The Bertz CT molecular complexity index is 546. The molecule has 0 saturated heterocycles. The van der Waals surface area contributed by atoms with E-state index >= 15 is 0 Å². The van der Waals surface area contributed by atoms with E-state index < -0.39 is 5.97 Å². The lowest BCUT2D eigenvalue weighted by atomic mass is 10.0. The molecule has 1 aromatic rings. The molecule has 1 aromatic carbocycles. The van der Waals surface area contributed by atoms with Gasteiger partial charge in [0.2, 0.25) is 0 Å². The molecule has 0 fully saturated rings. The molecule has 0 aliphatic rings. The molecule has 0 spiro atoms. The highest BCUT2D eigenvalue weighted by atomic mass is 16.4. The number of carboxylic acids is 1. The zero-order valence-electron chi connectivity index (χ0n) is 15.4. The second-order valence-electron chi connectivity index (χ2n) is 6.46. The minimum absolute atomic E-state index is 0.233. The molecule has 138 valence electrons. The first-order valence-electron chi connectivity index (χ1n) is 9.46. The van der Waals surface area contributed by atoms with Crippen LogP contribution in [-0.4, -0.2) is 22.3 Å². The maximum Gasteiger partial charge on any atom is 0.303 e. The van der Waals surface area contributed by atoms with Gasteiger partial charge in [0, 0.05) is 6.42 Å². The Hall–Kier alpha value is -1.87. The molecule has 0 bridgehead atoms. The van der Waals surface area contributed by atoms with Gasteiger partial charge in [-0.05, 0) is 36.8 Å². The summed E-state index contributed by atoms with van der Waals surface area (Å²) in [4.78, 5) is 10.6. The standard InChI is InChI=1S/C22H32O3/c1-2-3-4-5-16-21(23)17-10-8-14-19-12-6-7-13-20(19)15-9-11-18-22(24)25/h6-8,10,12-14,17,21,23H,2-5,9,11,15-16,18H2,1H3,(H,24,25)/b14-8+,17-10+. The number of hydrogen-bond acceptors (Lipinski definition) is 2. The van der Waals surface area contributed by atoms with Crippen molar-refractivity contribution < 1.29 is 15.0 Å². The summed E-state index contributed by atoms with van der Waals surface area (Å²) in [5.74, 6) is -0.730. The number of rotatable bonds is 13. The Morgan fingerprint density at radius 2 is 1.88 bits per heavy atom. The van der Waals surface area contributed by atoms with Crippen LogP contribution >= 0.6 is 0 Å². The molecule has 0 aliphatic carbocycles. The predicted octanol–water partition coefficient (Wildman–Crippen LogP) is 5.38. The molecule has 2 N–H and O–H groups in total. The topological polar surface area (TPSA) is 57.5 Å². The number of aryl methyl sites for hydroxylation is 1. The van der Waals surface area contributed by atoms with E-state index in [0.29, 0.717) is 6.42 Å². The third kappa shape index (κ3) is 10.6. The molecule has 1 rings (SSSR count). The first-order valence-corrected chi connectivity index (χ1v) is 9.46. The lowest BCUT2D eigenvalue weighted by Crippen LogP contribution is -2.00. The first-order chi connectivity index (χ1) is 12.1. The van der Waals surface area contributed by atoms with Gasteiger partial charge in [-0.25, -0.2) is 0 Å². The van der Waals surface area contributed by atoms with Crippen molar-refractivity contribution in [1.29, 1.82) is 0 Å². The van der Waals surface area contributed by atoms with Crippen LogP contribution in [0.4, 0.5) is 0 Å². The van der Waals surface area contributed by atoms with Crippen LogP contribution in [0.3, 0.4) is 0 Å². The van der Waals surface area contributed by atoms with Crippen LogP contribution in [0.15, 0.2) is 42.5 Å². The molecule has 1 unspecified atom stereocenters. The molecule has 0 saturated carbocycles. The number of allylic oxidation sites excluding steroid dienone is 2. The monoisotopic (exact) mass is 344 g/mol. The largest absolute Gasteiger partial charge is 0.481 e. The molecule has 0 radical (unpaired) electrons. The number of aliphatic hydroxyl groups is 1. The number of hydrogen-bond donors (Lipinski definition) is 2. The Morgan fingerprint density at radius 3 is 2.64 bits per heavy atom. The van der Waals surface area contributed by atoms with Crippen molar-refractivity contribution in [3.63, 3.8) is 0 Å². The average molecular weight is 344 g/mol. The van der Waals surface area contributed by atoms with Crippen LogP contribution < -0.4 is 0 Å². The molecule has 0 heterocycles. The Kier molecular flexibility index (Phi) is 11.4. The van der Waals surface area contributed by atoms with Gasteiger partial charge in [0.25, 0.3) is 0 Å². The maximum atomic E-state index is 10.6. The van der Waals surface area contributed by atoms with Crippen LogP contribution in [-0.2, 0) is 11.2 Å². The van der Waals surface area contributed by atoms with E-state index in [2.05, 4.69) is 19.1 Å². The summed E-state index contributed by atoms with van der Waals surface area (Å²) in [5.41, 5.74) is 2.39. The van der Waals surface area contributed by atoms with Crippen molar-refractivity contribution >= 4 is 12.0 Å². The summed E-state index contributed by atoms with van der Waals surface area (Å²) in [6.45, 7) is 2.19. The second-order valence-corrected chi connectivity index (χ2v) is 6.46. The fourth-order valence-electron chi connectivity index (χ4n) is 2.74. The van der Waals surface area contributed by atoms with Gasteiger partial charge in [-0.15, -0.1) is 0 Å². The van der Waals surface area contributed by atoms with Crippen molar-refractivity contribution in [3.8, 4) is 0 Å². The lowest BCUT2D eigenvalue weighted by molar-refractivity contribution is -0.137. The molecule has 0 aromatic heterocycles. The van der Waals surface area contributed by atoms with E-state index in [1.54, 1.807) is 0 Å². The Morgan fingerprint density at radius 1 is 1.08 bits per heavy atom. The highest BCUT2D eigenvalue weighted by Crippen LogP contribution is 2.15. The third-order valence-corrected chi connectivity index (χ3v) is 4.22. The van der Waals surface area contributed by atoms with Gasteiger partial charge in [0.15, 0.2) is 0 Å². The number of carbonyl (C=O) groups is 1. The van der Waals surface area contributed by atoms with Crippen LogP contribution in [0.2, 0.25) is 0 Å². The number of aliphatic hydroxyl groups excluding tert-OH is 1. The van der Waals surface area contributed by atoms with Crippen LogP contribution in [0, 0.1) is 0 Å². The van der Waals surface area contributed by atoms with E-state index in [9.17, 15) is 9.90 Å². The average Bonchev–Trinajstić information content (AvgIpc) is 2.60. The van der Waals surface area contributed by atoms with Gasteiger partial charge in [0.05, 0.1) is 6.10 Å². The summed E-state index contributed by atoms with van der Waals surface area (Å²) in [5, 5.41) is 18.6. The van der Waals surface area contributed by atoms with Gasteiger partial charge in [-0.1, -0.05) is 81.2 Å².